The number of hydrogen-bond acceptors (Lipinski definition) is 7. The van der Waals surface area contributed by atoms with Crippen LogP contribution in [0.1, 0.15) is 0 Å². The number of sulfonamides is 1. The number of nitrogens with one attached hydrogen (secondary N) is 2. The number of nitro benzene ring substituents is 1. The molecule has 0 radical (unpaired) electrons. The van der Waals surface area contributed by atoms with Crippen molar-refractivity contribution in [3.05, 3.63) is 40.7 Å². The summed E-state index contributed by atoms with van der Waals surface area (Å²) in [6, 6.07) is 3.68. The molecule has 0 amide bonds. The van der Waals surface area contributed by atoms with Crippen molar-refractivity contribution in [2.75, 3.05) is 18.9 Å². The number of anilines is 1. The van der Waals surface area contributed by atoms with E-state index in [0.717, 1.165) is 6.07 Å². The minimum Gasteiger partial charge on any atom is -0.378 e. The molecule has 2 aromatic rings. The Morgan fingerprint density at radius 1 is 1.41 bits per heavy atom. The Labute approximate surface area is 126 Å². The molecule has 1 aromatic heterocycles. The van der Waals surface area contributed by atoms with Gasteiger partial charge in [-0.15, -0.1) is 5.10 Å². The average molecular weight is 326 g/mol. The lowest BCUT2D eigenvalue weighted by Gasteiger charge is -2.09. The van der Waals surface area contributed by atoms with Crippen molar-refractivity contribution in [2.24, 2.45) is 0 Å². The van der Waals surface area contributed by atoms with Crippen molar-refractivity contribution in [1.29, 1.82) is 0 Å². The summed E-state index contributed by atoms with van der Waals surface area (Å²) in [4.78, 5) is 10.3. The van der Waals surface area contributed by atoms with Gasteiger partial charge in [0, 0.05) is 18.8 Å². The first-order valence-electron chi connectivity index (χ1n) is 6.24. The van der Waals surface area contributed by atoms with E-state index in [9.17, 15) is 18.5 Å². The maximum absolute atomic E-state index is 11.7. The van der Waals surface area contributed by atoms with Crippen molar-refractivity contribution in [2.45, 2.75) is 11.4 Å². The maximum atomic E-state index is 11.7. The summed E-state index contributed by atoms with van der Waals surface area (Å²) in [5.74, 6) is 0. The molecule has 0 bridgehead atoms. The second kappa shape index (κ2) is 6.49. The van der Waals surface area contributed by atoms with E-state index < -0.39 is 14.9 Å². The molecular formula is C11H14N6O4S. The highest BCUT2D eigenvalue weighted by molar-refractivity contribution is 7.89. The van der Waals surface area contributed by atoms with E-state index in [1.54, 1.807) is 10.9 Å². The molecule has 1 heterocycles. The summed E-state index contributed by atoms with van der Waals surface area (Å²) in [6.45, 7) is 0.843. The summed E-state index contributed by atoms with van der Waals surface area (Å²) in [7, 11) is -2.49. The van der Waals surface area contributed by atoms with Crippen molar-refractivity contribution in [3.8, 4) is 0 Å². The monoisotopic (exact) mass is 326 g/mol. The molecule has 2 N–H and O–H groups in total. The number of nitro groups is 1. The lowest BCUT2D eigenvalue weighted by molar-refractivity contribution is -0.384. The van der Waals surface area contributed by atoms with Gasteiger partial charge in [0.15, 0.2) is 0 Å². The van der Waals surface area contributed by atoms with Crippen LogP contribution in [0.3, 0.4) is 0 Å². The second-order valence-corrected chi connectivity index (χ2v) is 6.12. The van der Waals surface area contributed by atoms with Crippen LogP contribution in [0.15, 0.2) is 35.5 Å². The Balaban J connectivity index is 2.18. The molecule has 0 saturated heterocycles. The van der Waals surface area contributed by atoms with Gasteiger partial charge >= 0.3 is 0 Å². The Bertz CT molecular complexity index is 759. The first-order chi connectivity index (χ1) is 10.4. The summed E-state index contributed by atoms with van der Waals surface area (Å²) < 4.78 is 27.1. The minimum absolute atomic E-state index is 0.163. The molecule has 0 aliphatic carbocycles. The van der Waals surface area contributed by atoms with E-state index in [2.05, 4.69) is 20.4 Å². The third kappa shape index (κ3) is 3.56. The van der Waals surface area contributed by atoms with Crippen LogP contribution in [0, 0.1) is 10.1 Å². The summed E-state index contributed by atoms with van der Waals surface area (Å²) in [5.41, 5.74) is -0.0740. The van der Waals surface area contributed by atoms with Gasteiger partial charge in [-0.3, -0.25) is 14.8 Å². The van der Waals surface area contributed by atoms with Crippen molar-refractivity contribution >= 4 is 21.4 Å². The molecule has 0 atom stereocenters. The van der Waals surface area contributed by atoms with E-state index in [4.69, 9.17) is 0 Å². The van der Waals surface area contributed by atoms with Gasteiger partial charge in [0.05, 0.1) is 22.6 Å². The lowest BCUT2D eigenvalue weighted by atomic mass is 10.2. The fraction of sp³-hybridized carbons (Fsp3) is 0.273. The fourth-order valence-corrected chi connectivity index (χ4v) is 2.50. The van der Waals surface area contributed by atoms with Crippen LogP contribution in [0.5, 0.6) is 0 Å². The van der Waals surface area contributed by atoms with Crippen LogP contribution in [0.2, 0.25) is 0 Å². The summed E-state index contributed by atoms with van der Waals surface area (Å²) in [6.07, 6.45) is 3.19. The van der Waals surface area contributed by atoms with E-state index in [0.29, 0.717) is 13.1 Å². The SMILES string of the molecule is CNS(=O)(=O)c1ccc(NCCn2ccnn2)c([N+](=O)[O-])c1. The largest absolute Gasteiger partial charge is 0.378 e. The molecule has 0 spiro atoms. The minimum atomic E-state index is -3.73. The molecule has 2 rings (SSSR count). The van der Waals surface area contributed by atoms with Gasteiger partial charge in [0.2, 0.25) is 10.0 Å². The number of hydrogen-bond donors (Lipinski definition) is 2. The molecule has 0 saturated carbocycles. The Kier molecular flexibility index (Phi) is 4.68. The molecule has 0 aliphatic heterocycles. The van der Waals surface area contributed by atoms with Crippen LogP contribution in [0.4, 0.5) is 11.4 Å². The van der Waals surface area contributed by atoms with Crippen molar-refractivity contribution in [1.82, 2.24) is 19.7 Å². The molecule has 0 aliphatic rings. The quantitative estimate of drug-likeness (QED) is 0.549. The van der Waals surface area contributed by atoms with Gasteiger partial charge in [-0.25, -0.2) is 13.1 Å². The molecule has 1 aromatic carbocycles. The predicted molar refractivity (Wildman–Crippen MR) is 77.9 cm³/mol. The summed E-state index contributed by atoms with van der Waals surface area (Å²) >= 11 is 0. The number of aromatic nitrogens is 3. The highest BCUT2D eigenvalue weighted by Gasteiger charge is 2.20. The topological polar surface area (TPSA) is 132 Å². The average Bonchev–Trinajstić information content (AvgIpc) is 3.00. The number of rotatable bonds is 7. The maximum Gasteiger partial charge on any atom is 0.293 e. The summed E-state index contributed by atoms with van der Waals surface area (Å²) in [5, 5.41) is 21.4. The fourth-order valence-electron chi connectivity index (χ4n) is 1.75. The van der Waals surface area contributed by atoms with E-state index in [-0.39, 0.29) is 16.3 Å². The standard InChI is InChI=1S/C11H14N6O4S/c1-12-22(20,21)9-2-3-10(11(8-9)17(18)19)13-4-6-16-7-5-14-15-16/h2-3,5,7-8,12-13H,4,6H2,1H3. The van der Waals surface area contributed by atoms with Gasteiger partial charge < -0.3 is 5.32 Å². The van der Waals surface area contributed by atoms with Crippen molar-refractivity contribution < 1.29 is 13.3 Å². The van der Waals surface area contributed by atoms with Gasteiger partial charge in [0.1, 0.15) is 5.69 Å². The van der Waals surface area contributed by atoms with E-state index in [1.807, 2.05) is 0 Å². The third-order valence-corrected chi connectivity index (χ3v) is 4.29. The first-order valence-corrected chi connectivity index (χ1v) is 7.72. The molecule has 10 nitrogen and oxygen atoms in total. The Morgan fingerprint density at radius 2 is 2.18 bits per heavy atom. The van der Waals surface area contributed by atoms with E-state index >= 15 is 0 Å². The second-order valence-electron chi connectivity index (χ2n) is 4.24. The molecule has 0 unspecified atom stereocenters. The van der Waals surface area contributed by atoms with Gasteiger partial charge in [-0.2, -0.15) is 0 Å². The highest BCUT2D eigenvalue weighted by atomic mass is 32.2. The Hall–Kier alpha value is -2.53. The zero-order chi connectivity index (χ0) is 16.2. The van der Waals surface area contributed by atoms with Gasteiger partial charge in [-0.1, -0.05) is 5.21 Å². The van der Waals surface area contributed by atoms with Gasteiger partial charge in [-0.05, 0) is 19.2 Å². The molecule has 11 heteroatoms. The predicted octanol–water partition coefficient (Wildman–Crippen LogP) is 0.206. The Morgan fingerprint density at radius 3 is 2.77 bits per heavy atom. The first kappa shape index (κ1) is 15.9. The number of benzene rings is 1. The highest BCUT2D eigenvalue weighted by Crippen LogP contribution is 2.27. The van der Waals surface area contributed by atoms with Crippen LogP contribution < -0.4 is 10.0 Å². The van der Waals surface area contributed by atoms with Crippen molar-refractivity contribution in [3.63, 3.8) is 0 Å². The normalized spacial score (nSPS) is 11.3. The lowest BCUT2D eigenvalue weighted by Crippen LogP contribution is -2.19. The van der Waals surface area contributed by atoms with Gasteiger partial charge in [0.25, 0.3) is 5.69 Å². The smallest absolute Gasteiger partial charge is 0.293 e. The molecule has 0 fully saturated rings. The third-order valence-electron chi connectivity index (χ3n) is 2.87. The van der Waals surface area contributed by atoms with E-state index in [1.165, 1.54) is 25.4 Å². The van der Waals surface area contributed by atoms with Crippen LogP contribution in [-0.4, -0.2) is 41.9 Å². The van der Waals surface area contributed by atoms with Crippen LogP contribution in [-0.2, 0) is 16.6 Å². The van der Waals surface area contributed by atoms with Crippen LogP contribution in [0.25, 0.3) is 0 Å². The zero-order valence-electron chi connectivity index (χ0n) is 11.6. The number of nitrogens with zero attached hydrogens (tertiary/aromatic N) is 4. The molecule has 22 heavy (non-hydrogen) atoms. The molecule has 118 valence electrons. The zero-order valence-corrected chi connectivity index (χ0v) is 12.4. The molecular weight excluding hydrogens is 312 g/mol. The van der Waals surface area contributed by atoms with Crippen LogP contribution >= 0.6 is 0 Å².